The molecule has 1 aliphatic rings. The van der Waals surface area contributed by atoms with E-state index in [9.17, 15) is 4.79 Å². The molecule has 0 saturated carbocycles. The van der Waals surface area contributed by atoms with Crippen LogP contribution >= 0.6 is 0 Å². The van der Waals surface area contributed by atoms with E-state index in [0.29, 0.717) is 19.7 Å². The molecule has 0 aromatic rings. The zero-order chi connectivity index (χ0) is 10.2. The lowest BCUT2D eigenvalue weighted by atomic mass is 10.1. The average molecular weight is 199 g/mol. The van der Waals surface area contributed by atoms with Gasteiger partial charge < -0.3 is 14.8 Å². The number of hydrogen-bond donors (Lipinski definition) is 1. The highest BCUT2D eigenvalue weighted by molar-refractivity contribution is 5.96. The fourth-order valence-corrected chi connectivity index (χ4v) is 1.26. The molecule has 0 spiro atoms. The zero-order valence-electron chi connectivity index (χ0n) is 8.54. The zero-order valence-corrected chi connectivity index (χ0v) is 8.54. The van der Waals surface area contributed by atoms with Crippen molar-refractivity contribution in [3.8, 4) is 0 Å². The molecule has 4 heteroatoms. The number of hydrogen-bond acceptors (Lipinski definition) is 4. The third-order valence-electron chi connectivity index (χ3n) is 2.06. The van der Waals surface area contributed by atoms with Gasteiger partial charge in [-0.05, 0) is 12.8 Å². The quantitative estimate of drug-likeness (QED) is 0.632. The number of ether oxygens (including phenoxy) is 2. The first kappa shape index (κ1) is 11.2. The second-order valence-electron chi connectivity index (χ2n) is 3.21. The van der Waals surface area contributed by atoms with Crippen LogP contribution in [0.5, 0.6) is 0 Å². The summed E-state index contributed by atoms with van der Waals surface area (Å²) in [4.78, 5) is 11.5. The van der Waals surface area contributed by atoms with Gasteiger partial charge in [-0.1, -0.05) is 0 Å². The summed E-state index contributed by atoms with van der Waals surface area (Å²) in [6.07, 6.45) is 3.37. The fourth-order valence-electron chi connectivity index (χ4n) is 1.26. The van der Waals surface area contributed by atoms with Crippen molar-refractivity contribution in [2.75, 3.05) is 33.4 Å². The maximum absolute atomic E-state index is 11.5. The van der Waals surface area contributed by atoms with Crippen LogP contribution in [-0.2, 0) is 14.3 Å². The van der Waals surface area contributed by atoms with Crippen LogP contribution in [0.3, 0.4) is 0 Å². The lowest BCUT2D eigenvalue weighted by molar-refractivity contribution is -0.115. The maximum atomic E-state index is 11.5. The molecule has 0 fully saturated rings. The van der Waals surface area contributed by atoms with Gasteiger partial charge in [-0.25, -0.2) is 0 Å². The molecule has 14 heavy (non-hydrogen) atoms. The Labute approximate surface area is 84.3 Å². The topological polar surface area (TPSA) is 47.6 Å². The maximum Gasteiger partial charge on any atom is 0.175 e. The van der Waals surface area contributed by atoms with E-state index in [2.05, 4.69) is 5.32 Å². The minimum absolute atomic E-state index is 0.126. The number of ketones is 1. The minimum Gasteiger partial charge on any atom is -0.501 e. The number of nitrogens with one attached hydrogen (secondary N) is 1. The Morgan fingerprint density at radius 2 is 2.57 bits per heavy atom. The fraction of sp³-hybridized carbons (Fsp3) is 0.700. The van der Waals surface area contributed by atoms with Crippen molar-refractivity contribution in [2.24, 2.45) is 0 Å². The molecule has 80 valence electrons. The second-order valence-corrected chi connectivity index (χ2v) is 3.21. The van der Waals surface area contributed by atoms with Gasteiger partial charge in [0, 0.05) is 19.2 Å². The van der Waals surface area contributed by atoms with Gasteiger partial charge in [-0.2, -0.15) is 0 Å². The van der Waals surface area contributed by atoms with E-state index >= 15 is 0 Å². The molecule has 1 N–H and O–H groups in total. The van der Waals surface area contributed by atoms with Gasteiger partial charge in [0.15, 0.2) is 5.78 Å². The minimum atomic E-state index is 0.126. The van der Waals surface area contributed by atoms with Crippen molar-refractivity contribution >= 4 is 5.78 Å². The lowest BCUT2D eigenvalue weighted by Gasteiger charge is -2.12. The molecule has 1 rings (SSSR count). The number of carbonyl (C=O) groups is 1. The number of carbonyl (C=O) groups excluding carboxylic acids is 1. The molecule has 0 bridgehead atoms. The van der Waals surface area contributed by atoms with E-state index < -0.39 is 0 Å². The largest absolute Gasteiger partial charge is 0.501 e. The standard InChI is InChI=1S/C10H17NO3/c1-13-6-4-11-7-10(12)9-3-2-5-14-8-9/h8,11H,2-7H2,1H3. The van der Waals surface area contributed by atoms with Crippen LogP contribution in [0.2, 0.25) is 0 Å². The highest BCUT2D eigenvalue weighted by Gasteiger charge is 2.12. The first-order chi connectivity index (χ1) is 6.84. The summed E-state index contributed by atoms with van der Waals surface area (Å²) in [6, 6.07) is 0. The van der Waals surface area contributed by atoms with Crippen molar-refractivity contribution in [1.82, 2.24) is 5.32 Å². The molecular formula is C10H17NO3. The van der Waals surface area contributed by atoms with Crippen molar-refractivity contribution in [3.63, 3.8) is 0 Å². The van der Waals surface area contributed by atoms with E-state index in [1.807, 2.05) is 0 Å². The molecule has 0 atom stereocenters. The van der Waals surface area contributed by atoms with Crippen molar-refractivity contribution in [3.05, 3.63) is 11.8 Å². The first-order valence-electron chi connectivity index (χ1n) is 4.88. The molecule has 0 radical (unpaired) electrons. The average Bonchev–Trinajstić information content (AvgIpc) is 2.25. The highest BCUT2D eigenvalue weighted by Crippen LogP contribution is 2.11. The Morgan fingerprint density at radius 3 is 3.21 bits per heavy atom. The smallest absolute Gasteiger partial charge is 0.175 e. The summed E-state index contributed by atoms with van der Waals surface area (Å²) in [5.41, 5.74) is 0.793. The van der Waals surface area contributed by atoms with Crippen LogP contribution in [0, 0.1) is 0 Å². The third kappa shape index (κ3) is 3.89. The van der Waals surface area contributed by atoms with Gasteiger partial charge >= 0.3 is 0 Å². The van der Waals surface area contributed by atoms with Crippen LogP contribution < -0.4 is 5.32 Å². The lowest BCUT2D eigenvalue weighted by Crippen LogP contribution is -2.27. The predicted octanol–water partition coefficient (Wildman–Crippen LogP) is 0.486. The summed E-state index contributed by atoms with van der Waals surface area (Å²) in [5.74, 6) is 0.126. The van der Waals surface area contributed by atoms with E-state index in [1.54, 1.807) is 13.4 Å². The summed E-state index contributed by atoms with van der Waals surface area (Å²) in [7, 11) is 1.64. The summed E-state index contributed by atoms with van der Waals surface area (Å²) in [6.45, 7) is 2.44. The Morgan fingerprint density at radius 1 is 1.71 bits per heavy atom. The number of methoxy groups -OCH3 is 1. The Balaban J connectivity index is 2.17. The molecule has 1 heterocycles. The molecule has 0 saturated heterocycles. The van der Waals surface area contributed by atoms with E-state index in [-0.39, 0.29) is 5.78 Å². The van der Waals surface area contributed by atoms with Crippen LogP contribution in [0.4, 0.5) is 0 Å². The van der Waals surface area contributed by atoms with Crippen molar-refractivity contribution in [2.45, 2.75) is 12.8 Å². The van der Waals surface area contributed by atoms with Crippen LogP contribution in [0.25, 0.3) is 0 Å². The molecule has 4 nitrogen and oxygen atoms in total. The van der Waals surface area contributed by atoms with Gasteiger partial charge in [0.05, 0.1) is 26.0 Å². The number of Topliss-reactive ketones (excluding diaryl/α,β-unsaturated/α-hetero) is 1. The highest BCUT2D eigenvalue weighted by atomic mass is 16.5. The van der Waals surface area contributed by atoms with Crippen LogP contribution in [0.15, 0.2) is 11.8 Å². The molecular weight excluding hydrogens is 182 g/mol. The van der Waals surface area contributed by atoms with Gasteiger partial charge in [0.25, 0.3) is 0 Å². The molecule has 0 aromatic carbocycles. The van der Waals surface area contributed by atoms with E-state index in [1.165, 1.54) is 0 Å². The predicted molar refractivity (Wildman–Crippen MR) is 53.0 cm³/mol. The molecule has 1 aliphatic heterocycles. The first-order valence-corrected chi connectivity index (χ1v) is 4.88. The molecule has 0 aliphatic carbocycles. The summed E-state index contributed by atoms with van der Waals surface area (Å²) < 4.78 is 9.95. The third-order valence-corrected chi connectivity index (χ3v) is 2.06. The van der Waals surface area contributed by atoms with E-state index in [0.717, 1.165) is 25.0 Å². The second kappa shape index (κ2) is 6.56. The number of rotatable bonds is 6. The Bertz CT molecular complexity index is 213. The van der Waals surface area contributed by atoms with Crippen molar-refractivity contribution < 1.29 is 14.3 Å². The van der Waals surface area contributed by atoms with Gasteiger partial charge in [0.2, 0.25) is 0 Å². The van der Waals surface area contributed by atoms with Crippen molar-refractivity contribution in [1.29, 1.82) is 0 Å². The summed E-state index contributed by atoms with van der Waals surface area (Å²) >= 11 is 0. The molecule has 0 aromatic heterocycles. The van der Waals surface area contributed by atoms with Crippen LogP contribution in [0.1, 0.15) is 12.8 Å². The molecule has 0 unspecified atom stereocenters. The molecule has 0 amide bonds. The summed E-state index contributed by atoms with van der Waals surface area (Å²) in [5, 5.41) is 3.01. The van der Waals surface area contributed by atoms with Gasteiger partial charge in [0.1, 0.15) is 0 Å². The Hall–Kier alpha value is -0.870. The van der Waals surface area contributed by atoms with Crippen LogP contribution in [-0.4, -0.2) is 39.2 Å². The normalized spacial score (nSPS) is 15.9. The monoisotopic (exact) mass is 199 g/mol. The van der Waals surface area contributed by atoms with Gasteiger partial charge in [-0.15, -0.1) is 0 Å². The Kier molecular flexibility index (Phi) is 5.25. The van der Waals surface area contributed by atoms with Gasteiger partial charge in [-0.3, -0.25) is 4.79 Å². The van der Waals surface area contributed by atoms with E-state index in [4.69, 9.17) is 9.47 Å². The SMILES string of the molecule is COCCNCC(=O)C1=COCCC1.